The minimum atomic E-state index is -0.0847. The van der Waals surface area contributed by atoms with Crippen molar-refractivity contribution in [2.75, 3.05) is 13.1 Å². The fourth-order valence-electron chi connectivity index (χ4n) is 2.97. The monoisotopic (exact) mass is 305 g/mol. The molecule has 21 heavy (non-hydrogen) atoms. The molecule has 0 aromatic carbocycles. The first-order valence-corrected chi connectivity index (χ1v) is 6.90. The lowest BCUT2D eigenvalue weighted by molar-refractivity contribution is 0.446. The number of hydrogen-bond donors (Lipinski definition) is 2. The summed E-state index contributed by atoms with van der Waals surface area (Å²) in [5.41, 5.74) is 3.16. The Kier molecular flexibility index (Phi) is 3.65. The van der Waals surface area contributed by atoms with Crippen LogP contribution >= 0.6 is 12.4 Å². The molecule has 0 amide bonds. The molecule has 0 unspecified atom stereocenters. The van der Waals surface area contributed by atoms with Gasteiger partial charge in [-0.05, 0) is 38.1 Å². The van der Waals surface area contributed by atoms with Crippen molar-refractivity contribution in [3.8, 4) is 0 Å². The second kappa shape index (κ2) is 5.46. The third kappa shape index (κ3) is 2.30. The number of piperidine rings is 1. The lowest BCUT2D eigenvalue weighted by Gasteiger charge is -2.22. The standard InChI is InChI=1S/C14H15N5O.ClH/c20-12-8-11(9-3-6-15-7-4-9)19-14(17-12)13-10(18-19)2-1-5-16-13;/h1-2,5,8-9,15H,3-4,6-7H2,(H,17,20);1H. The highest BCUT2D eigenvalue weighted by Gasteiger charge is 2.20. The van der Waals surface area contributed by atoms with Gasteiger partial charge >= 0.3 is 0 Å². The number of hydrogen-bond acceptors (Lipinski definition) is 4. The zero-order chi connectivity index (χ0) is 13.5. The van der Waals surface area contributed by atoms with Crippen LogP contribution in [-0.4, -0.2) is 32.7 Å². The van der Waals surface area contributed by atoms with Crippen LogP contribution in [-0.2, 0) is 0 Å². The Hall–Kier alpha value is -1.92. The summed E-state index contributed by atoms with van der Waals surface area (Å²) in [6.45, 7) is 1.97. The van der Waals surface area contributed by atoms with Crippen molar-refractivity contribution in [1.82, 2.24) is 24.9 Å². The molecule has 0 atom stereocenters. The smallest absolute Gasteiger partial charge is 0.251 e. The minimum Gasteiger partial charge on any atom is -0.317 e. The molecule has 0 radical (unpaired) electrons. The number of halogens is 1. The van der Waals surface area contributed by atoms with Crippen LogP contribution in [0.5, 0.6) is 0 Å². The molecule has 1 fully saturated rings. The van der Waals surface area contributed by atoms with Gasteiger partial charge in [0.15, 0.2) is 5.65 Å². The molecular weight excluding hydrogens is 290 g/mol. The van der Waals surface area contributed by atoms with E-state index in [0.29, 0.717) is 11.6 Å². The Balaban J connectivity index is 0.00000132. The molecule has 2 N–H and O–H groups in total. The highest BCUT2D eigenvalue weighted by Crippen LogP contribution is 2.25. The van der Waals surface area contributed by atoms with E-state index in [-0.39, 0.29) is 18.0 Å². The van der Waals surface area contributed by atoms with E-state index in [2.05, 4.69) is 20.4 Å². The van der Waals surface area contributed by atoms with Crippen molar-refractivity contribution in [3.63, 3.8) is 0 Å². The summed E-state index contributed by atoms with van der Waals surface area (Å²) in [5, 5.41) is 7.94. The maximum Gasteiger partial charge on any atom is 0.251 e. The van der Waals surface area contributed by atoms with E-state index < -0.39 is 0 Å². The van der Waals surface area contributed by atoms with Crippen LogP contribution < -0.4 is 10.9 Å². The number of nitrogens with one attached hydrogen (secondary N) is 2. The third-order valence-electron chi connectivity index (χ3n) is 3.95. The molecule has 3 aromatic heterocycles. The highest BCUT2D eigenvalue weighted by molar-refractivity contribution is 5.87. The molecule has 6 nitrogen and oxygen atoms in total. The molecule has 110 valence electrons. The van der Waals surface area contributed by atoms with Crippen LogP contribution in [0, 0.1) is 0 Å². The van der Waals surface area contributed by atoms with E-state index in [0.717, 1.165) is 42.7 Å². The van der Waals surface area contributed by atoms with Gasteiger partial charge in [0.2, 0.25) is 0 Å². The fourth-order valence-corrected chi connectivity index (χ4v) is 2.97. The van der Waals surface area contributed by atoms with Crippen molar-refractivity contribution in [3.05, 3.63) is 40.4 Å². The Morgan fingerprint density at radius 2 is 2.10 bits per heavy atom. The molecule has 1 aliphatic heterocycles. The van der Waals surface area contributed by atoms with Gasteiger partial charge in [0.25, 0.3) is 5.56 Å². The lowest BCUT2D eigenvalue weighted by Crippen LogP contribution is -2.28. The zero-order valence-electron chi connectivity index (χ0n) is 11.4. The highest BCUT2D eigenvalue weighted by atomic mass is 35.5. The normalized spacial score (nSPS) is 16.2. The number of aromatic nitrogens is 4. The Morgan fingerprint density at radius 3 is 2.90 bits per heavy atom. The van der Waals surface area contributed by atoms with Crippen molar-refractivity contribution in [2.45, 2.75) is 18.8 Å². The molecule has 3 aromatic rings. The molecular formula is C14H16ClN5O. The minimum absolute atomic E-state index is 0. The second-order valence-electron chi connectivity index (χ2n) is 5.21. The maximum atomic E-state index is 11.9. The van der Waals surface area contributed by atoms with Gasteiger partial charge in [-0.2, -0.15) is 5.10 Å². The molecule has 0 spiro atoms. The Labute approximate surface area is 127 Å². The Bertz CT molecular complexity index is 834. The summed E-state index contributed by atoms with van der Waals surface area (Å²) in [6.07, 6.45) is 3.78. The van der Waals surface area contributed by atoms with Crippen molar-refractivity contribution >= 4 is 29.1 Å². The van der Waals surface area contributed by atoms with E-state index in [1.165, 1.54) is 0 Å². The third-order valence-corrected chi connectivity index (χ3v) is 3.95. The topological polar surface area (TPSA) is 75.1 Å². The van der Waals surface area contributed by atoms with Crippen LogP contribution in [0.15, 0.2) is 29.2 Å². The average Bonchev–Trinajstić information content (AvgIpc) is 2.86. The number of aromatic amines is 1. The van der Waals surface area contributed by atoms with Gasteiger partial charge in [0.05, 0.1) is 5.69 Å². The summed E-state index contributed by atoms with van der Waals surface area (Å²) >= 11 is 0. The first-order chi connectivity index (χ1) is 9.83. The number of rotatable bonds is 1. The SMILES string of the molecule is Cl.O=c1cc(C2CCNCC2)n2nc3cccnc3c2[nH]1. The van der Waals surface area contributed by atoms with Crippen LogP contribution in [0.3, 0.4) is 0 Å². The number of fused-ring (bicyclic) bond motifs is 3. The summed E-state index contributed by atoms with van der Waals surface area (Å²) < 4.78 is 1.86. The first-order valence-electron chi connectivity index (χ1n) is 6.90. The van der Waals surface area contributed by atoms with E-state index in [9.17, 15) is 4.79 Å². The molecule has 1 aliphatic rings. The quantitative estimate of drug-likeness (QED) is 0.714. The van der Waals surface area contributed by atoms with Crippen LogP contribution in [0.2, 0.25) is 0 Å². The van der Waals surface area contributed by atoms with Crippen LogP contribution in [0.1, 0.15) is 24.5 Å². The average molecular weight is 306 g/mol. The zero-order valence-corrected chi connectivity index (χ0v) is 12.2. The summed E-state index contributed by atoms with van der Waals surface area (Å²) in [4.78, 5) is 19.1. The number of H-pyrrole nitrogens is 1. The van der Waals surface area contributed by atoms with E-state index in [4.69, 9.17) is 0 Å². The number of pyridine rings is 1. The molecule has 0 aliphatic carbocycles. The van der Waals surface area contributed by atoms with Gasteiger partial charge in [-0.3, -0.25) is 9.78 Å². The summed E-state index contributed by atoms with van der Waals surface area (Å²) in [5.74, 6) is 0.371. The van der Waals surface area contributed by atoms with Gasteiger partial charge in [0.1, 0.15) is 11.0 Å². The molecule has 0 saturated carbocycles. The molecule has 0 bridgehead atoms. The number of nitrogens with zero attached hydrogens (tertiary/aromatic N) is 3. The maximum absolute atomic E-state index is 11.9. The van der Waals surface area contributed by atoms with Gasteiger partial charge in [-0.25, -0.2) is 4.52 Å². The van der Waals surface area contributed by atoms with E-state index >= 15 is 0 Å². The second-order valence-corrected chi connectivity index (χ2v) is 5.21. The molecule has 4 rings (SSSR count). The van der Waals surface area contributed by atoms with Gasteiger partial charge in [-0.1, -0.05) is 0 Å². The van der Waals surface area contributed by atoms with Gasteiger partial charge < -0.3 is 10.3 Å². The van der Waals surface area contributed by atoms with Gasteiger partial charge in [-0.15, -0.1) is 12.4 Å². The fraction of sp³-hybridized carbons (Fsp3) is 0.357. The summed E-state index contributed by atoms with van der Waals surface area (Å²) in [6, 6.07) is 5.45. The lowest BCUT2D eigenvalue weighted by atomic mass is 9.94. The predicted molar refractivity (Wildman–Crippen MR) is 83.2 cm³/mol. The van der Waals surface area contributed by atoms with Crippen molar-refractivity contribution in [2.24, 2.45) is 0 Å². The van der Waals surface area contributed by atoms with Crippen molar-refractivity contribution in [1.29, 1.82) is 0 Å². The Morgan fingerprint density at radius 1 is 1.29 bits per heavy atom. The van der Waals surface area contributed by atoms with Crippen LogP contribution in [0.4, 0.5) is 0 Å². The predicted octanol–water partition coefficient (Wildman–Crippen LogP) is 1.46. The molecule has 4 heterocycles. The largest absolute Gasteiger partial charge is 0.317 e. The van der Waals surface area contributed by atoms with E-state index in [1.54, 1.807) is 12.3 Å². The molecule has 7 heteroatoms. The van der Waals surface area contributed by atoms with Gasteiger partial charge in [0, 0.05) is 18.2 Å². The van der Waals surface area contributed by atoms with Crippen LogP contribution in [0.25, 0.3) is 16.7 Å². The summed E-state index contributed by atoms with van der Waals surface area (Å²) in [7, 11) is 0. The molecule has 1 saturated heterocycles. The first kappa shape index (κ1) is 14.0. The van der Waals surface area contributed by atoms with Crippen molar-refractivity contribution < 1.29 is 0 Å². The van der Waals surface area contributed by atoms with E-state index in [1.807, 2.05) is 16.6 Å².